The van der Waals surface area contributed by atoms with Gasteiger partial charge >= 0.3 is 0 Å². The quantitative estimate of drug-likeness (QED) is 0.284. The van der Waals surface area contributed by atoms with Crippen LogP contribution in [-0.4, -0.2) is 0 Å². The normalized spacial score (nSPS) is 25.4. The van der Waals surface area contributed by atoms with E-state index in [-0.39, 0.29) is 11.5 Å². The molecule has 1 radical (unpaired) electrons. The van der Waals surface area contributed by atoms with Crippen molar-refractivity contribution in [3.8, 4) is 11.5 Å². The van der Waals surface area contributed by atoms with Crippen molar-refractivity contribution < 1.29 is 26.7 Å². The SMILES string of the molecule is CCCC[C@H]1CC[C@H](C2CCC(c3c(F)c[c]c(Oc4cc(F)c(F)c(F)c4)c3F)CC2)CC1. The molecule has 185 valence electrons. The molecule has 34 heavy (non-hydrogen) atoms. The smallest absolute Gasteiger partial charge is 0.194 e. The highest BCUT2D eigenvalue weighted by molar-refractivity contribution is 5.38. The third kappa shape index (κ3) is 5.58. The first-order chi connectivity index (χ1) is 16.4. The highest BCUT2D eigenvalue weighted by Gasteiger charge is 2.33. The van der Waals surface area contributed by atoms with Crippen LogP contribution in [0.3, 0.4) is 0 Å². The lowest BCUT2D eigenvalue weighted by atomic mass is 9.68. The van der Waals surface area contributed by atoms with E-state index in [2.05, 4.69) is 13.0 Å². The van der Waals surface area contributed by atoms with E-state index in [4.69, 9.17) is 4.74 Å². The van der Waals surface area contributed by atoms with Crippen molar-refractivity contribution in [2.75, 3.05) is 0 Å². The maximum absolute atomic E-state index is 15.2. The number of hydrogen-bond acceptors (Lipinski definition) is 1. The summed E-state index contributed by atoms with van der Waals surface area (Å²) < 4.78 is 75.2. The molecule has 2 aromatic rings. The third-order valence-corrected chi connectivity index (χ3v) is 7.90. The number of halogens is 5. The summed E-state index contributed by atoms with van der Waals surface area (Å²) in [5.41, 5.74) is -0.0569. The first kappa shape index (κ1) is 25.0. The van der Waals surface area contributed by atoms with Gasteiger partial charge < -0.3 is 4.74 Å². The molecule has 0 unspecified atom stereocenters. The molecule has 2 aliphatic rings. The Morgan fingerprint density at radius 1 is 0.794 bits per heavy atom. The van der Waals surface area contributed by atoms with Crippen molar-refractivity contribution in [1.82, 2.24) is 0 Å². The number of unbranched alkanes of at least 4 members (excludes halogenated alkanes) is 1. The van der Waals surface area contributed by atoms with Gasteiger partial charge in [0.25, 0.3) is 0 Å². The van der Waals surface area contributed by atoms with E-state index < -0.39 is 40.6 Å². The minimum Gasteiger partial charge on any atom is -0.453 e. The zero-order valence-corrected chi connectivity index (χ0v) is 19.6. The minimum absolute atomic E-state index is 0.0569. The molecule has 0 aliphatic heterocycles. The summed E-state index contributed by atoms with van der Waals surface area (Å²) in [4.78, 5) is 0. The maximum atomic E-state index is 15.2. The van der Waals surface area contributed by atoms with Gasteiger partial charge in [0.15, 0.2) is 29.0 Å². The molecule has 0 saturated heterocycles. The van der Waals surface area contributed by atoms with E-state index in [0.717, 1.165) is 24.8 Å². The molecule has 0 bridgehead atoms. The van der Waals surface area contributed by atoms with Crippen LogP contribution in [0.2, 0.25) is 0 Å². The van der Waals surface area contributed by atoms with Gasteiger partial charge in [0, 0.05) is 23.8 Å². The van der Waals surface area contributed by atoms with Crippen LogP contribution in [0.1, 0.15) is 89.0 Å². The lowest BCUT2D eigenvalue weighted by Crippen LogP contribution is -2.26. The molecule has 0 N–H and O–H groups in total. The predicted molar refractivity (Wildman–Crippen MR) is 121 cm³/mol. The van der Waals surface area contributed by atoms with Crippen LogP contribution in [0, 0.1) is 52.9 Å². The van der Waals surface area contributed by atoms with Crippen LogP contribution in [-0.2, 0) is 0 Å². The standard InChI is InChI=1S/C28H32F5O/c1-2-3-4-17-5-7-18(8-6-17)19-9-11-20(12-10-19)26-22(29)13-14-25(28(26)33)34-21-15-23(30)27(32)24(31)16-21/h13,15-20H,2-12H2,1H3/t17-,18-,19?,20?. The molecule has 4 rings (SSSR count). The topological polar surface area (TPSA) is 9.23 Å². The fraction of sp³-hybridized carbons (Fsp3) is 0.571. The number of ether oxygens (including phenoxy) is 1. The van der Waals surface area contributed by atoms with Crippen LogP contribution >= 0.6 is 0 Å². The molecular formula is C28H32F5O. The summed E-state index contributed by atoms with van der Waals surface area (Å²) in [5.74, 6) is -5.12. The van der Waals surface area contributed by atoms with Crippen molar-refractivity contribution >= 4 is 0 Å². The Balaban J connectivity index is 1.40. The Hall–Kier alpha value is -2.11. The zero-order chi connectivity index (χ0) is 24.2. The van der Waals surface area contributed by atoms with E-state index in [9.17, 15) is 17.6 Å². The first-order valence-corrected chi connectivity index (χ1v) is 12.6. The van der Waals surface area contributed by atoms with Gasteiger partial charge in [0.05, 0.1) is 0 Å². The molecule has 2 saturated carbocycles. The van der Waals surface area contributed by atoms with Gasteiger partial charge in [-0.3, -0.25) is 0 Å². The van der Waals surface area contributed by atoms with Gasteiger partial charge in [0.2, 0.25) is 0 Å². The molecule has 0 atom stereocenters. The summed E-state index contributed by atoms with van der Waals surface area (Å²) in [5, 5.41) is 0. The molecular weight excluding hydrogens is 447 g/mol. The van der Waals surface area contributed by atoms with Crippen molar-refractivity contribution in [2.24, 2.45) is 17.8 Å². The highest BCUT2D eigenvalue weighted by Crippen LogP contribution is 2.46. The molecule has 2 aromatic carbocycles. The van der Waals surface area contributed by atoms with Gasteiger partial charge in [-0.1, -0.05) is 39.0 Å². The second-order valence-corrected chi connectivity index (χ2v) is 10.0. The molecule has 2 fully saturated rings. The summed E-state index contributed by atoms with van der Waals surface area (Å²) in [6.45, 7) is 2.23. The van der Waals surface area contributed by atoms with Crippen molar-refractivity contribution in [3.05, 3.63) is 58.9 Å². The fourth-order valence-electron chi connectivity index (χ4n) is 5.98. The van der Waals surface area contributed by atoms with Gasteiger partial charge in [-0.2, -0.15) is 0 Å². The molecule has 1 nitrogen and oxygen atoms in total. The molecule has 0 spiro atoms. The van der Waals surface area contributed by atoms with Crippen LogP contribution in [0.15, 0.2) is 18.2 Å². The molecule has 0 amide bonds. The average molecular weight is 480 g/mol. The predicted octanol–water partition coefficient (Wildman–Crippen LogP) is 9.24. The molecule has 2 aliphatic carbocycles. The van der Waals surface area contributed by atoms with Gasteiger partial charge in [-0.25, -0.2) is 22.0 Å². The summed E-state index contributed by atoms with van der Waals surface area (Å²) in [7, 11) is 0. The zero-order valence-electron chi connectivity index (χ0n) is 19.6. The van der Waals surface area contributed by atoms with E-state index in [1.807, 2.05) is 0 Å². The van der Waals surface area contributed by atoms with Crippen molar-refractivity contribution in [2.45, 2.75) is 83.5 Å². The second kappa shape index (κ2) is 11.1. The number of hydrogen-bond donors (Lipinski definition) is 0. The van der Waals surface area contributed by atoms with Crippen LogP contribution in [0.25, 0.3) is 0 Å². The highest BCUT2D eigenvalue weighted by atomic mass is 19.2. The van der Waals surface area contributed by atoms with E-state index in [1.165, 1.54) is 44.9 Å². The summed E-state index contributed by atoms with van der Waals surface area (Å²) in [6.07, 6.45) is 12.3. The van der Waals surface area contributed by atoms with Gasteiger partial charge in [-0.05, 0) is 68.3 Å². The molecule has 6 heteroatoms. The lowest BCUT2D eigenvalue weighted by molar-refractivity contribution is 0.154. The largest absolute Gasteiger partial charge is 0.453 e. The van der Waals surface area contributed by atoms with E-state index in [1.54, 1.807) is 0 Å². The van der Waals surface area contributed by atoms with Crippen LogP contribution in [0.4, 0.5) is 22.0 Å². The molecule has 0 aromatic heterocycles. The van der Waals surface area contributed by atoms with Crippen LogP contribution in [0.5, 0.6) is 11.5 Å². The third-order valence-electron chi connectivity index (χ3n) is 7.90. The monoisotopic (exact) mass is 479 g/mol. The van der Waals surface area contributed by atoms with E-state index >= 15 is 4.39 Å². The Labute approximate surface area is 198 Å². The lowest BCUT2D eigenvalue weighted by Gasteiger charge is -2.38. The van der Waals surface area contributed by atoms with Crippen molar-refractivity contribution in [1.29, 1.82) is 0 Å². The first-order valence-electron chi connectivity index (χ1n) is 12.6. The number of benzene rings is 2. The Morgan fingerprint density at radius 3 is 1.97 bits per heavy atom. The second-order valence-electron chi connectivity index (χ2n) is 10.0. The van der Waals surface area contributed by atoms with Crippen LogP contribution < -0.4 is 4.74 Å². The van der Waals surface area contributed by atoms with E-state index in [0.29, 0.717) is 36.8 Å². The maximum Gasteiger partial charge on any atom is 0.194 e. The Bertz CT molecular complexity index is 952. The average Bonchev–Trinajstić information content (AvgIpc) is 2.84. The summed E-state index contributed by atoms with van der Waals surface area (Å²) >= 11 is 0. The fourth-order valence-corrected chi connectivity index (χ4v) is 5.98. The summed E-state index contributed by atoms with van der Waals surface area (Å²) in [6, 6.07) is 4.59. The minimum atomic E-state index is -1.64. The number of rotatable bonds is 7. The Morgan fingerprint density at radius 2 is 1.38 bits per heavy atom. The van der Waals surface area contributed by atoms with Crippen molar-refractivity contribution in [3.63, 3.8) is 0 Å². The van der Waals surface area contributed by atoms with Gasteiger partial charge in [0.1, 0.15) is 11.6 Å². The molecule has 0 heterocycles. The Kier molecular flexibility index (Phi) is 8.15. The van der Waals surface area contributed by atoms with Gasteiger partial charge in [-0.15, -0.1) is 0 Å².